The predicted molar refractivity (Wildman–Crippen MR) is 180 cm³/mol. The second-order valence-electron chi connectivity index (χ2n) is 12.8. The smallest absolute Gasteiger partial charge is 0.407 e. The number of nitrogens with one attached hydrogen (secondary N) is 2. The highest BCUT2D eigenvalue weighted by atomic mass is 32.2. The van der Waals surface area contributed by atoms with Crippen molar-refractivity contribution in [3.8, 4) is 0 Å². The van der Waals surface area contributed by atoms with Crippen LogP contribution in [0.5, 0.6) is 0 Å². The number of carbonyl (C=O) groups is 2. The topological polar surface area (TPSA) is 144 Å². The fraction of sp³-hybridized carbons (Fsp3) is 0.389. The second kappa shape index (κ2) is 14.6. The van der Waals surface area contributed by atoms with E-state index >= 15 is 0 Å². The van der Waals surface area contributed by atoms with Gasteiger partial charge in [0.25, 0.3) is 5.91 Å². The third-order valence-electron chi connectivity index (χ3n) is 8.79. The van der Waals surface area contributed by atoms with Crippen molar-refractivity contribution in [2.75, 3.05) is 31.6 Å². The van der Waals surface area contributed by atoms with Crippen molar-refractivity contribution in [3.63, 3.8) is 0 Å². The van der Waals surface area contributed by atoms with Gasteiger partial charge >= 0.3 is 6.09 Å². The van der Waals surface area contributed by atoms with Gasteiger partial charge in [0.15, 0.2) is 6.29 Å². The maximum Gasteiger partial charge on any atom is 0.407 e. The lowest BCUT2D eigenvalue weighted by Crippen LogP contribution is -2.51. The molecule has 12 heteroatoms. The Labute approximate surface area is 280 Å². The lowest BCUT2D eigenvalue weighted by Gasteiger charge is -2.31. The van der Waals surface area contributed by atoms with Crippen LogP contribution in [0.15, 0.2) is 83.8 Å². The molecule has 2 amide bonds. The van der Waals surface area contributed by atoms with Crippen LogP contribution in [0.3, 0.4) is 0 Å². The molecule has 0 bridgehead atoms. The fourth-order valence-electron chi connectivity index (χ4n) is 6.37. The van der Waals surface area contributed by atoms with E-state index in [4.69, 9.17) is 14.2 Å². The fourth-order valence-corrected chi connectivity index (χ4v) is 8.02. The molecule has 0 spiro atoms. The summed E-state index contributed by atoms with van der Waals surface area (Å²) in [6.07, 6.45) is -0.194. The molecule has 6 rings (SSSR count). The number of hydrogen-bond donors (Lipinski definition) is 3. The largest absolute Gasteiger partial charge is 0.443 e. The molecule has 0 aromatic heterocycles. The van der Waals surface area contributed by atoms with E-state index in [1.165, 1.54) is 16.4 Å². The lowest BCUT2D eigenvalue weighted by molar-refractivity contribution is -0.110. The van der Waals surface area contributed by atoms with Crippen LogP contribution >= 0.6 is 0 Å². The summed E-state index contributed by atoms with van der Waals surface area (Å²) in [5.74, 6) is -0.451. The van der Waals surface area contributed by atoms with Gasteiger partial charge in [-0.3, -0.25) is 4.79 Å². The number of sulfonamides is 1. The molecule has 0 saturated carbocycles. The van der Waals surface area contributed by atoms with Gasteiger partial charge in [0, 0.05) is 29.9 Å². The van der Waals surface area contributed by atoms with E-state index in [0.717, 1.165) is 17.5 Å². The Morgan fingerprint density at radius 1 is 1.06 bits per heavy atom. The Kier molecular flexibility index (Phi) is 10.3. The molecule has 11 nitrogen and oxygen atoms in total. The van der Waals surface area contributed by atoms with Gasteiger partial charge in [-0.15, -0.1) is 0 Å². The number of rotatable bonds is 12. The number of carbonyl (C=O) groups excluding carboxylic acids is 2. The van der Waals surface area contributed by atoms with Crippen LogP contribution in [0.1, 0.15) is 37.0 Å². The summed E-state index contributed by atoms with van der Waals surface area (Å²) < 4.78 is 46.6. The third-order valence-corrected chi connectivity index (χ3v) is 10.6. The van der Waals surface area contributed by atoms with Crippen LogP contribution in [0.2, 0.25) is 0 Å². The number of amides is 2. The Morgan fingerprint density at radius 2 is 1.79 bits per heavy atom. The van der Waals surface area contributed by atoms with Gasteiger partial charge in [-0.25, -0.2) is 13.2 Å². The Morgan fingerprint density at radius 3 is 2.52 bits per heavy atom. The van der Waals surface area contributed by atoms with Crippen molar-refractivity contribution in [3.05, 3.63) is 95.6 Å². The number of ether oxygens (including phenoxy) is 3. The minimum atomic E-state index is -4.16. The summed E-state index contributed by atoms with van der Waals surface area (Å²) in [5.41, 5.74) is 3.01. The van der Waals surface area contributed by atoms with Gasteiger partial charge in [0.2, 0.25) is 10.0 Å². The number of anilines is 1. The maximum atomic E-state index is 14.2. The standard InChI is InChI=1S/C36H41N3O8S/c1-23(2)20-39(48(43,44)26-13-14-30-28(19-26)29(34(41)37-30)17-24-9-5-3-6-10-24)21-32(40)31(18-25-11-7-4-8-12-25)38-36(42)47-33-22-46-35-27(33)15-16-45-35/h3-14,17,19,23,27,31-33,35,40H,15-16,18,20-22H2,1-2H3,(H,37,41)(H,38,42)/b29-17-/t27?,31-,32+,33?,35?/m0/s1. The van der Waals surface area contributed by atoms with Crippen molar-refractivity contribution in [2.45, 2.75) is 56.1 Å². The van der Waals surface area contributed by atoms with Crippen LogP contribution in [0, 0.1) is 11.8 Å². The zero-order valence-electron chi connectivity index (χ0n) is 27.0. The first kappa shape index (κ1) is 33.8. The second-order valence-corrected chi connectivity index (χ2v) is 14.8. The van der Waals surface area contributed by atoms with Gasteiger partial charge in [-0.05, 0) is 54.2 Å². The van der Waals surface area contributed by atoms with E-state index in [1.54, 1.807) is 12.1 Å². The van der Waals surface area contributed by atoms with Gasteiger partial charge in [0.1, 0.15) is 6.10 Å². The average molecular weight is 676 g/mol. The van der Waals surface area contributed by atoms with Crippen LogP contribution in [0.25, 0.3) is 11.6 Å². The molecule has 0 radical (unpaired) electrons. The number of aliphatic hydroxyl groups is 1. The normalized spacial score (nSPS) is 22.4. The van der Waals surface area contributed by atoms with Crippen molar-refractivity contribution in [2.24, 2.45) is 11.8 Å². The van der Waals surface area contributed by atoms with Crippen molar-refractivity contribution in [1.82, 2.24) is 9.62 Å². The summed E-state index contributed by atoms with van der Waals surface area (Å²) in [6.45, 7) is 4.37. The van der Waals surface area contributed by atoms with E-state index in [-0.39, 0.29) is 55.0 Å². The minimum Gasteiger partial charge on any atom is -0.443 e. The summed E-state index contributed by atoms with van der Waals surface area (Å²) >= 11 is 0. The van der Waals surface area contributed by atoms with Crippen LogP contribution in [-0.4, -0.2) is 80.7 Å². The first-order valence-corrected chi connectivity index (χ1v) is 17.7. The molecule has 254 valence electrons. The van der Waals surface area contributed by atoms with Gasteiger partial charge in [-0.2, -0.15) is 4.31 Å². The first-order valence-electron chi connectivity index (χ1n) is 16.2. The average Bonchev–Trinajstić information content (AvgIpc) is 3.77. The van der Waals surface area contributed by atoms with Crippen molar-refractivity contribution < 1.29 is 37.3 Å². The molecule has 5 atom stereocenters. The highest BCUT2D eigenvalue weighted by molar-refractivity contribution is 7.89. The number of fused-ring (bicyclic) bond motifs is 2. The highest BCUT2D eigenvalue weighted by Crippen LogP contribution is 2.36. The maximum absolute atomic E-state index is 14.2. The quantitative estimate of drug-likeness (QED) is 0.242. The summed E-state index contributed by atoms with van der Waals surface area (Å²) in [4.78, 5) is 26.0. The third kappa shape index (κ3) is 7.63. The zero-order chi connectivity index (χ0) is 33.8. The molecule has 2 fully saturated rings. The van der Waals surface area contributed by atoms with Crippen LogP contribution in [-0.2, 0) is 35.4 Å². The van der Waals surface area contributed by atoms with Gasteiger partial charge < -0.3 is 30.0 Å². The molecular formula is C36H41N3O8S. The summed E-state index contributed by atoms with van der Waals surface area (Å²) in [6, 6.07) is 22.3. The zero-order valence-corrected chi connectivity index (χ0v) is 27.8. The lowest BCUT2D eigenvalue weighted by atomic mass is 10.0. The first-order chi connectivity index (χ1) is 23.1. The van der Waals surface area contributed by atoms with Crippen molar-refractivity contribution >= 4 is 39.4 Å². The minimum absolute atomic E-state index is 0.00823. The van der Waals surface area contributed by atoms with E-state index in [9.17, 15) is 23.1 Å². The molecular weight excluding hydrogens is 634 g/mol. The molecule has 3 N–H and O–H groups in total. The highest BCUT2D eigenvalue weighted by Gasteiger charge is 2.44. The molecule has 3 heterocycles. The molecule has 2 saturated heterocycles. The SMILES string of the molecule is CC(C)CN(C[C@@H](O)[C@H](Cc1ccccc1)NC(=O)OC1COC2OCCC12)S(=O)(=O)c1ccc2c(c1)/C(=C/c1ccccc1)C(=O)N2. The molecule has 3 aliphatic rings. The van der Waals surface area contributed by atoms with Crippen LogP contribution < -0.4 is 10.6 Å². The Hall–Kier alpha value is -4.07. The molecule has 3 aromatic rings. The van der Waals surface area contributed by atoms with E-state index in [2.05, 4.69) is 10.6 Å². The van der Waals surface area contributed by atoms with E-state index in [1.807, 2.05) is 74.5 Å². The van der Waals surface area contributed by atoms with Crippen molar-refractivity contribution in [1.29, 1.82) is 0 Å². The van der Waals surface area contributed by atoms with Gasteiger partial charge in [0.05, 0.1) is 36.2 Å². The Balaban J connectivity index is 1.24. The molecule has 3 aromatic carbocycles. The molecule has 0 aliphatic carbocycles. The molecule has 48 heavy (non-hydrogen) atoms. The molecule has 3 unspecified atom stereocenters. The van der Waals surface area contributed by atoms with Crippen LogP contribution in [0.4, 0.5) is 10.5 Å². The Bertz CT molecular complexity index is 1750. The number of aliphatic hydroxyl groups excluding tert-OH is 1. The number of nitrogens with zero attached hydrogens (tertiary/aromatic N) is 1. The van der Waals surface area contributed by atoms with E-state index < -0.39 is 34.4 Å². The number of alkyl carbamates (subject to hydrolysis) is 1. The number of hydrogen-bond acceptors (Lipinski definition) is 8. The monoisotopic (exact) mass is 675 g/mol. The van der Waals surface area contributed by atoms with E-state index in [0.29, 0.717) is 23.4 Å². The summed E-state index contributed by atoms with van der Waals surface area (Å²) in [5, 5.41) is 17.3. The molecule has 3 aliphatic heterocycles. The predicted octanol–water partition coefficient (Wildman–Crippen LogP) is 4.29. The summed E-state index contributed by atoms with van der Waals surface area (Å²) in [7, 11) is -4.16. The number of benzene rings is 3. The van der Waals surface area contributed by atoms with Gasteiger partial charge in [-0.1, -0.05) is 74.5 Å².